The molecule has 4 aliphatic rings. The average Bonchev–Trinajstić information content (AvgIpc) is 2.95. The highest BCUT2D eigenvalue weighted by atomic mass is 16.5. The van der Waals surface area contributed by atoms with Crippen molar-refractivity contribution in [3.8, 4) is 0 Å². The number of rotatable bonds is 3. The summed E-state index contributed by atoms with van der Waals surface area (Å²) in [6.07, 6.45) is 6.02. The normalized spacial score (nSPS) is 47.1. The summed E-state index contributed by atoms with van der Waals surface area (Å²) in [7, 11) is 1.22. The van der Waals surface area contributed by atoms with E-state index in [2.05, 4.69) is 0 Å². The van der Waals surface area contributed by atoms with Crippen molar-refractivity contribution in [2.45, 2.75) is 51.2 Å². The first-order valence-corrected chi connectivity index (χ1v) is 10.6. The fourth-order valence-corrected chi connectivity index (χ4v) is 7.41. The van der Waals surface area contributed by atoms with Crippen molar-refractivity contribution in [2.24, 2.45) is 34.5 Å². The topological polar surface area (TPSA) is 121 Å². The largest absolute Gasteiger partial charge is 0.469 e. The Morgan fingerprint density at radius 1 is 1.30 bits per heavy atom. The minimum Gasteiger partial charge on any atom is -0.469 e. The quantitative estimate of drug-likeness (QED) is 0.584. The predicted octanol–water partition coefficient (Wildman–Crippen LogP) is 0.957. The fraction of sp³-hybridized carbons (Fsp3) is 0.696. The molecule has 0 radical (unpaired) electrons. The second-order valence-electron chi connectivity index (χ2n) is 9.87. The molecule has 0 aromatic carbocycles. The van der Waals surface area contributed by atoms with E-state index in [4.69, 9.17) is 4.74 Å². The number of ketones is 2. The molecule has 4 rings (SSSR count). The second kappa shape index (κ2) is 6.84. The lowest BCUT2D eigenvalue weighted by Gasteiger charge is -2.59. The standard InChI is InChI=1S/C23H30O7/c1-21-7-6-13(25)8-12(21)4-5-14-15-9-16(20(28)30-3)23(29,18(27)11-24)22(15,2)10-17(26)19(14)21/h6-8,14-17,19,24,26,29H,4-5,9-11H2,1-3H3/t14-,15-,16-,17-,19?,21-,22-,23-/m0/s1. The van der Waals surface area contributed by atoms with Gasteiger partial charge in [0.15, 0.2) is 11.6 Å². The molecule has 0 saturated heterocycles. The Balaban J connectivity index is 1.81. The predicted molar refractivity (Wildman–Crippen MR) is 106 cm³/mol. The molecule has 3 N–H and O–H groups in total. The maximum Gasteiger partial charge on any atom is 0.312 e. The lowest BCUT2D eigenvalue weighted by molar-refractivity contribution is -0.190. The number of hydrogen-bond acceptors (Lipinski definition) is 7. The van der Waals surface area contributed by atoms with Gasteiger partial charge in [0.1, 0.15) is 12.2 Å². The summed E-state index contributed by atoms with van der Waals surface area (Å²) >= 11 is 0. The molecule has 164 valence electrons. The molecule has 0 spiro atoms. The molecule has 0 aromatic rings. The van der Waals surface area contributed by atoms with Crippen molar-refractivity contribution in [3.63, 3.8) is 0 Å². The number of aliphatic hydroxyl groups excluding tert-OH is 2. The average molecular weight is 418 g/mol. The molecule has 0 heterocycles. The Labute approximate surface area is 175 Å². The van der Waals surface area contributed by atoms with E-state index in [1.54, 1.807) is 19.1 Å². The fourth-order valence-electron chi connectivity index (χ4n) is 7.41. The number of esters is 1. The molecule has 4 aliphatic carbocycles. The molecule has 8 atom stereocenters. The number of methoxy groups -OCH3 is 1. The molecule has 0 aromatic heterocycles. The molecule has 0 bridgehead atoms. The van der Waals surface area contributed by atoms with E-state index in [1.165, 1.54) is 7.11 Å². The Hall–Kier alpha value is -1.83. The zero-order valence-electron chi connectivity index (χ0n) is 17.6. The Kier molecular flexibility index (Phi) is 4.88. The van der Waals surface area contributed by atoms with Gasteiger partial charge in [-0.1, -0.05) is 25.5 Å². The van der Waals surface area contributed by atoms with E-state index in [-0.39, 0.29) is 36.4 Å². The van der Waals surface area contributed by atoms with Gasteiger partial charge in [-0.05, 0) is 49.7 Å². The number of fused-ring (bicyclic) bond motifs is 5. The van der Waals surface area contributed by atoms with Gasteiger partial charge in [0.25, 0.3) is 0 Å². The summed E-state index contributed by atoms with van der Waals surface area (Å²) in [6, 6.07) is 0. The van der Waals surface area contributed by atoms with Crippen molar-refractivity contribution in [1.82, 2.24) is 0 Å². The van der Waals surface area contributed by atoms with Gasteiger partial charge in [-0.25, -0.2) is 0 Å². The molecule has 30 heavy (non-hydrogen) atoms. The summed E-state index contributed by atoms with van der Waals surface area (Å²) < 4.78 is 4.90. The first kappa shape index (κ1) is 21.4. The molecule has 1 unspecified atom stereocenters. The molecular formula is C23H30O7. The van der Waals surface area contributed by atoms with Gasteiger partial charge in [-0.15, -0.1) is 0 Å². The third-order valence-electron chi connectivity index (χ3n) is 8.80. The van der Waals surface area contributed by atoms with Crippen LogP contribution in [0.2, 0.25) is 0 Å². The van der Waals surface area contributed by atoms with Crippen molar-refractivity contribution in [1.29, 1.82) is 0 Å². The van der Waals surface area contributed by atoms with Crippen LogP contribution in [0.3, 0.4) is 0 Å². The van der Waals surface area contributed by atoms with Gasteiger partial charge in [0, 0.05) is 16.7 Å². The van der Waals surface area contributed by atoms with Crippen LogP contribution in [-0.4, -0.2) is 58.3 Å². The van der Waals surface area contributed by atoms with Gasteiger partial charge in [0.05, 0.1) is 19.1 Å². The minimum atomic E-state index is -2.10. The highest BCUT2D eigenvalue weighted by molar-refractivity contribution is 6.01. The Morgan fingerprint density at radius 2 is 2.00 bits per heavy atom. The number of carbonyl (C=O) groups excluding carboxylic acids is 3. The van der Waals surface area contributed by atoms with Crippen LogP contribution in [-0.2, 0) is 19.1 Å². The summed E-state index contributed by atoms with van der Waals surface area (Å²) in [6.45, 7) is 2.90. The molecular weight excluding hydrogens is 388 g/mol. The molecule has 0 aliphatic heterocycles. The van der Waals surface area contributed by atoms with Crippen LogP contribution >= 0.6 is 0 Å². The number of Topliss-reactive ketones (excluding diaryl/α,β-unsaturated/α-hetero) is 1. The van der Waals surface area contributed by atoms with Gasteiger partial charge in [-0.2, -0.15) is 0 Å². The number of aliphatic hydroxyl groups is 3. The highest BCUT2D eigenvalue weighted by Gasteiger charge is 2.72. The van der Waals surface area contributed by atoms with E-state index in [0.29, 0.717) is 12.8 Å². The van der Waals surface area contributed by atoms with Crippen LogP contribution in [0.15, 0.2) is 23.8 Å². The zero-order chi connectivity index (χ0) is 22.1. The van der Waals surface area contributed by atoms with E-state index in [0.717, 1.165) is 5.57 Å². The van der Waals surface area contributed by atoms with Gasteiger partial charge in [0.2, 0.25) is 0 Å². The second-order valence-corrected chi connectivity index (χ2v) is 9.87. The minimum absolute atomic E-state index is 0.0496. The summed E-state index contributed by atoms with van der Waals surface area (Å²) in [5.41, 5.74) is -2.65. The van der Waals surface area contributed by atoms with Crippen LogP contribution in [0.25, 0.3) is 0 Å². The maximum atomic E-state index is 12.8. The van der Waals surface area contributed by atoms with Crippen molar-refractivity contribution in [2.75, 3.05) is 13.7 Å². The van der Waals surface area contributed by atoms with Crippen molar-refractivity contribution in [3.05, 3.63) is 23.8 Å². The molecule has 3 saturated carbocycles. The first-order chi connectivity index (χ1) is 14.0. The SMILES string of the molecule is COC(=O)[C@@H]1C[C@H]2[C@@H]3CCC4=CC(=O)C=C[C@]4(C)C3[C@@H](O)C[C@]2(C)[C@@]1(O)C(=O)CO. The number of ether oxygens (including phenoxy) is 1. The van der Waals surface area contributed by atoms with Crippen LogP contribution in [0.1, 0.15) is 39.5 Å². The lowest BCUT2D eigenvalue weighted by Crippen LogP contribution is -2.63. The summed E-state index contributed by atoms with van der Waals surface area (Å²) in [5, 5.41) is 32.5. The van der Waals surface area contributed by atoms with E-state index in [1.807, 2.05) is 13.0 Å². The molecule has 3 fully saturated rings. The van der Waals surface area contributed by atoms with Gasteiger partial charge < -0.3 is 20.1 Å². The van der Waals surface area contributed by atoms with E-state index >= 15 is 0 Å². The number of allylic oxidation sites excluding steroid dienone is 4. The van der Waals surface area contributed by atoms with Gasteiger partial charge in [-0.3, -0.25) is 14.4 Å². The number of hydrogen-bond donors (Lipinski definition) is 3. The third kappa shape index (κ3) is 2.52. The smallest absolute Gasteiger partial charge is 0.312 e. The van der Waals surface area contributed by atoms with Crippen molar-refractivity contribution >= 4 is 17.5 Å². The Bertz CT molecular complexity index is 860. The van der Waals surface area contributed by atoms with Crippen molar-refractivity contribution < 1.29 is 34.4 Å². The molecule has 0 amide bonds. The highest BCUT2D eigenvalue weighted by Crippen LogP contribution is 2.68. The molecule has 7 heteroatoms. The lowest BCUT2D eigenvalue weighted by atomic mass is 9.46. The van der Waals surface area contributed by atoms with Crippen LogP contribution in [0, 0.1) is 34.5 Å². The van der Waals surface area contributed by atoms with Gasteiger partial charge >= 0.3 is 5.97 Å². The van der Waals surface area contributed by atoms with Crippen LogP contribution in [0.4, 0.5) is 0 Å². The molecule has 7 nitrogen and oxygen atoms in total. The number of carbonyl (C=O) groups is 3. The maximum absolute atomic E-state index is 12.8. The van der Waals surface area contributed by atoms with Crippen LogP contribution in [0.5, 0.6) is 0 Å². The Morgan fingerprint density at radius 3 is 2.63 bits per heavy atom. The zero-order valence-corrected chi connectivity index (χ0v) is 17.6. The monoisotopic (exact) mass is 418 g/mol. The first-order valence-electron chi connectivity index (χ1n) is 10.6. The third-order valence-corrected chi connectivity index (χ3v) is 8.80. The summed E-state index contributed by atoms with van der Waals surface area (Å²) in [4.78, 5) is 37.2. The van der Waals surface area contributed by atoms with Crippen LogP contribution < -0.4 is 0 Å². The van der Waals surface area contributed by atoms with E-state index < -0.39 is 46.8 Å². The summed E-state index contributed by atoms with van der Waals surface area (Å²) in [5.74, 6) is -3.07. The van der Waals surface area contributed by atoms with E-state index in [9.17, 15) is 29.7 Å².